The monoisotopic (exact) mass is 498 g/mol. The van der Waals surface area contributed by atoms with E-state index < -0.39 is 0 Å². The normalized spacial score (nSPS) is 11.1. The van der Waals surface area contributed by atoms with Gasteiger partial charge in [0.15, 0.2) is 0 Å². The van der Waals surface area contributed by atoms with Crippen LogP contribution in [0, 0.1) is 0 Å². The third-order valence-electron chi connectivity index (χ3n) is 6.70. The zero-order valence-corrected chi connectivity index (χ0v) is 20.7. The SMILES string of the molecule is O=C(NCc1ccccc1)c1cc(-c2cc(C(=O)NCc3ccccc3)c3ccccn23)n2ccccc12. The lowest BCUT2D eigenvalue weighted by atomic mass is 10.2. The van der Waals surface area contributed by atoms with E-state index >= 15 is 0 Å². The van der Waals surface area contributed by atoms with Gasteiger partial charge in [0.2, 0.25) is 0 Å². The molecular formula is C32H26N4O2. The van der Waals surface area contributed by atoms with Crippen molar-refractivity contribution in [2.75, 3.05) is 0 Å². The number of amides is 2. The molecule has 0 aliphatic heterocycles. The van der Waals surface area contributed by atoms with Gasteiger partial charge in [-0.25, -0.2) is 0 Å². The van der Waals surface area contributed by atoms with E-state index in [1.54, 1.807) is 0 Å². The average Bonchev–Trinajstić information content (AvgIpc) is 3.55. The second kappa shape index (κ2) is 10.1. The van der Waals surface area contributed by atoms with Gasteiger partial charge in [-0.3, -0.25) is 9.59 Å². The first-order valence-corrected chi connectivity index (χ1v) is 12.5. The van der Waals surface area contributed by atoms with Gasteiger partial charge in [-0.1, -0.05) is 72.8 Å². The molecule has 4 heterocycles. The van der Waals surface area contributed by atoms with Crippen LogP contribution in [0.4, 0.5) is 0 Å². The lowest BCUT2D eigenvalue weighted by Gasteiger charge is -2.05. The van der Waals surface area contributed by atoms with Crippen molar-refractivity contribution in [3.8, 4) is 11.4 Å². The van der Waals surface area contributed by atoms with Gasteiger partial charge < -0.3 is 19.4 Å². The lowest BCUT2D eigenvalue weighted by Crippen LogP contribution is -2.22. The van der Waals surface area contributed by atoms with Crippen molar-refractivity contribution in [2.24, 2.45) is 0 Å². The van der Waals surface area contributed by atoms with Crippen LogP contribution in [0.25, 0.3) is 22.4 Å². The van der Waals surface area contributed by atoms with E-state index in [1.165, 1.54) is 0 Å². The molecule has 2 N–H and O–H groups in total. The number of carbonyl (C=O) groups excluding carboxylic acids is 2. The average molecular weight is 499 g/mol. The third-order valence-corrected chi connectivity index (χ3v) is 6.70. The van der Waals surface area contributed by atoms with Crippen molar-refractivity contribution in [1.29, 1.82) is 0 Å². The summed E-state index contributed by atoms with van der Waals surface area (Å²) in [5, 5.41) is 6.08. The van der Waals surface area contributed by atoms with Gasteiger partial charge in [0, 0.05) is 25.5 Å². The predicted octanol–water partition coefficient (Wildman–Crippen LogP) is 5.72. The highest BCUT2D eigenvalue weighted by atomic mass is 16.2. The minimum Gasteiger partial charge on any atom is -0.348 e. The Kier molecular flexibility index (Phi) is 6.20. The summed E-state index contributed by atoms with van der Waals surface area (Å²) in [4.78, 5) is 26.6. The van der Waals surface area contributed by atoms with Crippen LogP contribution < -0.4 is 10.6 Å². The fourth-order valence-electron chi connectivity index (χ4n) is 4.81. The molecule has 6 aromatic rings. The summed E-state index contributed by atoms with van der Waals surface area (Å²) >= 11 is 0. The Morgan fingerprint density at radius 2 is 0.921 bits per heavy atom. The highest BCUT2D eigenvalue weighted by molar-refractivity contribution is 6.05. The molecule has 4 aromatic heterocycles. The second-order valence-electron chi connectivity index (χ2n) is 9.13. The summed E-state index contributed by atoms with van der Waals surface area (Å²) < 4.78 is 4.00. The van der Waals surface area contributed by atoms with Crippen molar-refractivity contribution in [2.45, 2.75) is 13.1 Å². The van der Waals surface area contributed by atoms with Crippen molar-refractivity contribution in [3.63, 3.8) is 0 Å². The lowest BCUT2D eigenvalue weighted by molar-refractivity contribution is 0.0944. The number of hydrogen-bond donors (Lipinski definition) is 2. The molecule has 0 unspecified atom stereocenters. The Balaban J connectivity index is 1.36. The third kappa shape index (κ3) is 4.44. The molecule has 0 aliphatic rings. The van der Waals surface area contributed by atoms with E-state index in [0.717, 1.165) is 33.5 Å². The first-order valence-electron chi connectivity index (χ1n) is 12.5. The Hall–Kier alpha value is -5.10. The number of pyridine rings is 2. The molecule has 0 spiro atoms. The van der Waals surface area contributed by atoms with Gasteiger partial charge in [0.1, 0.15) is 0 Å². The summed E-state index contributed by atoms with van der Waals surface area (Å²) in [6.07, 6.45) is 3.88. The molecule has 0 fully saturated rings. The van der Waals surface area contributed by atoms with Crippen LogP contribution in [0.5, 0.6) is 0 Å². The molecule has 6 rings (SSSR count). The Morgan fingerprint density at radius 1 is 0.526 bits per heavy atom. The molecule has 186 valence electrons. The molecule has 6 nitrogen and oxygen atoms in total. The second-order valence-corrected chi connectivity index (χ2v) is 9.13. The molecule has 0 saturated heterocycles. The smallest absolute Gasteiger partial charge is 0.253 e. The molecule has 2 aromatic carbocycles. The van der Waals surface area contributed by atoms with E-state index in [0.29, 0.717) is 24.2 Å². The number of aromatic nitrogens is 2. The largest absolute Gasteiger partial charge is 0.348 e. The summed E-state index contributed by atoms with van der Waals surface area (Å²) in [5.74, 6) is -0.295. The van der Waals surface area contributed by atoms with Gasteiger partial charge in [-0.05, 0) is 47.5 Å². The fourth-order valence-corrected chi connectivity index (χ4v) is 4.81. The van der Waals surface area contributed by atoms with Crippen LogP contribution in [-0.4, -0.2) is 20.6 Å². The van der Waals surface area contributed by atoms with E-state index in [9.17, 15) is 9.59 Å². The molecule has 6 heteroatoms. The molecule has 0 saturated carbocycles. The summed E-state index contributed by atoms with van der Waals surface area (Å²) in [6, 6.07) is 35.1. The van der Waals surface area contributed by atoms with Crippen LogP contribution in [0.2, 0.25) is 0 Å². The fraction of sp³-hybridized carbons (Fsp3) is 0.0625. The Bertz CT molecular complexity index is 1620. The first kappa shape index (κ1) is 23.3. The number of fused-ring (bicyclic) bond motifs is 2. The number of nitrogens with one attached hydrogen (secondary N) is 2. The maximum Gasteiger partial charge on any atom is 0.253 e. The molecule has 38 heavy (non-hydrogen) atoms. The quantitative estimate of drug-likeness (QED) is 0.296. The molecule has 0 atom stereocenters. The van der Waals surface area contributed by atoms with Crippen molar-refractivity contribution < 1.29 is 9.59 Å². The summed E-state index contributed by atoms with van der Waals surface area (Å²) in [5.41, 5.74) is 6.49. The van der Waals surface area contributed by atoms with Crippen LogP contribution >= 0.6 is 0 Å². The number of nitrogens with zero attached hydrogens (tertiary/aromatic N) is 2. The first-order chi connectivity index (χ1) is 18.7. The van der Waals surface area contributed by atoms with Crippen molar-refractivity contribution in [3.05, 3.63) is 144 Å². The number of hydrogen-bond acceptors (Lipinski definition) is 2. The minimum absolute atomic E-state index is 0.148. The van der Waals surface area contributed by atoms with E-state index in [-0.39, 0.29) is 11.8 Å². The van der Waals surface area contributed by atoms with Crippen molar-refractivity contribution >= 4 is 22.8 Å². The van der Waals surface area contributed by atoms with Crippen LogP contribution in [-0.2, 0) is 13.1 Å². The van der Waals surface area contributed by atoms with Gasteiger partial charge in [0.25, 0.3) is 11.8 Å². The molecular weight excluding hydrogens is 472 g/mol. The Morgan fingerprint density at radius 3 is 1.34 bits per heavy atom. The number of rotatable bonds is 7. The van der Waals surface area contributed by atoms with Crippen LogP contribution in [0.15, 0.2) is 122 Å². The van der Waals surface area contributed by atoms with Gasteiger partial charge in [-0.2, -0.15) is 0 Å². The van der Waals surface area contributed by atoms with Gasteiger partial charge >= 0.3 is 0 Å². The summed E-state index contributed by atoms with van der Waals surface area (Å²) in [6.45, 7) is 0.887. The molecule has 0 aliphatic carbocycles. The van der Waals surface area contributed by atoms with Gasteiger partial charge in [-0.15, -0.1) is 0 Å². The Labute approximate surface area is 220 Å². The van der Waals surface area contributed by atoms with E-state index in [1.807, 2.05) is 130 Å². The van der Waals surface area contributed by atoms with Crippen LogP contribution in [0.3, 0.4) is 0 Å². The number of benzene rings is 2. The van der Waals surface area contributed by atoms with Crippen LogP contribution in [0.1, 0.15) is 31.8 Å². The minimum atomic E-state index is -0.148. The predicted molar refractivity (Wildman–Crippen MR) is 149 cm³/mol. The number of carbonyl (C=O) groups is 2. The van der Waals surface area contributed by atoms with Crippen molar-refractivity contribution in [1.82, 2.24) is 19.4 Å². The van der Waals surface area contributed by atoms with Gasteiger partial charge in [0.05, 0.1) is 33.5 Å². The highest BCUT2D eigenvalue weighted by Gasteiger charge is 2.21. The maximum absolute atomic E-state index is 13.3. The highest BCUT2D eigenvalue weighted by Crippen LogP contribution is 2.30. The molecule has 2 amide bonds. The summed E-state index contributed by atoms with van der Waals surface area (Å²) in [7, 11) is 0. The van der Waals surface area contributed by atoms with E-state index in [4.69, 9.17) is 0 Å². The zero-order chi connectivity index (χ0) is 25.9. The molecule has 0 bridgehead atoms. The topological polar surface area (TPSA) is 67.0 Å². The van der Waals surface area contributed by atoms with E-state index in [2.05, 4.69) is 10.6 Å². The maximum atomic E-state index is 13.3. The standard InChI is InChI=1S/C32H26N4O2/c37-31(33-21-23-11-3-1-4-12-23)25-19-29(35-17-9-7-15-27(25)35)30-20-26(28-16-8-10-18-36(28)30)32(38)34-22-24-13-5-2-6-14-24/h1-20H,21-22H2,(H,33,37)(H,34,38). The zero-order valence-electron chi connectivity index (χ0n) is 20.7. The molecule has 0 radical (unpaired) electrons.